The number of anilines is 1. The van der Waals surface area contributed by atoms with Gasteiger partial charge in [-0.2, -0.15) is 13.2 Å². The Kier molecular flexibility index (Phi) is 4.21. The zero-order valence-electron chi connectivity index (χ0n) is 18.2. The monoisotopic (exact) mass is 465 g/mol. The second kappa shape index (κ2) is 7.11. The number of nitrogens with zero attached hydrogens (tertiary/aromatic N) is 5. The van der Waals surface area contributed by atoms with Crippen LogP contribution in [0.3, 0.4) is 0 Å². The summed E-state index contributed by atoms with van der Waals surface area (Å²) in [5.74, 6) is 1.74. The Morgan fingerprint density at radius 2 is 1.94 bits per heavy atom. The molecule has 34 heavy (non-hydrogen) atoms. The lowest BCUT2D eigenvalue weighted by Gasteiger charge is -2.27. The molecule has 0 amide bonds. The minimum atomic E-state index is -4.49. The molecule has 2 aliphatic heterocycles. The van der Waals surface area contributed by atoms with Gasteiger partial charge < -0.3 is 15.2 Å². The lowest BCUT2D eigenvalue weighted by Crippen LogP contribution is -2.35. The molecule has 0 spiro atoms. The smallest absolute Gasteiger partial charge is 0.351 e. The first kappa shape index (κ1) is 20.1. The van der Waals surface area contributed by atoms with E-state index in [1.54, 1.807) is 12.3 Å². The third-order valence-electron chi connectivity index (χ3n) is 7.38. The van der Waals surface area contributed by atoms with Gasteiger partial charge in [0.1, 0.15) is 17.2 Å². The van der Waals surface area contributed by atoms with Crippen molar-refractivity contribution in [2.24, 2.45) is 0 Å². The van der Waals surface area contributed by atoms with Crippen LogP contribution in [0, 0.1) is 0 Å². The third kappa shape index (κ3) is 3.08. The van der Waals surface area contributed by atoms with Gasteiger partial charge in [0, 0.05) is 47.4 Å². The molecule has 2 atom stereocenters. The van der Waals surface area contributed by atoms with Crippen LogP contribution in [0.4, 0.5) is 19.0 Å². The van der Waals surface area contributed by atoms with Crippen molar-refractivity contribution in [1.82, 2.24) is 30.2 Å². The second-order valence-corrected chi connectivity index (χ2v) is 9.47. The van der Waals surface area contributed by atoms with E-state index in [-0.39, 0.29) is 5.65 Å². The van der Waals surface area contributed by atoms with E-state index in [9.17, 15) is 13.2 Å². The van der Waals surface area contributed by atoms with Gasteiger partial charge in [-0.3, -0.25) is 4.98 Å². The number of aromatic amines is 1. The first-order valence-electron chi connectivity index (χ1n) is 11.7. The fraction of sp³-hybridized carbons (Fsp3) is 0.417. The molecule has 2 N–H and O–H groups in total. The summed E-state index contributed by atoms with van der Waals surface area (Å²) in [5, 5.41) is 4.97. The average molecular weight is 465 g/mol. The fourth-order valence-corrected chi connectivity index (χ4v) is 5.62. The molecule has 2 unspecified atom stereocenters. The van der Waals surface area contributed by atoms with Crippen molar-refractivity contribution in [3.8, 4) is 11.4 Å². The molecule has 4 aromatic heterocycles. The van der Waals surface area contributed by atoms with Crippen molar-refractivity contribution in [3.63, 3.8) is 0 Å². The highest BCUT2D eigenvalue weighted by Crippen LogP contribution is 2.46. The van der Waals surface area contributed by atoms with Crippen LogP contribution in [0.1, 0.15) is 42.9 Å². The highest BCUT2D eigenvalue weighted by molar-refractivity contribution is 5.97. The molecule has 0 radical (unpaired) electrons. The molecule has 1 aliphatic carbocycles. The average Bonchev–Trinajstić information content (AvgIpc) is 3.20. The number of aromatic nitrogens is 5. The van der Waals surface area contributed by atoms with Crippen LogP contribution in [0.5, 0.6) is 0 Å². The minimum Gasteiger partial charge on any atom is -0.351 e. The van der Waals surface area contributed by atoms with E-state index in [0.717, 1.165) is 61.6 Å². The molecule has 1 saturated carbocycles. The summed E-state index contributed by atoms with van der Waals surface area (Å²) in [7, 11) is 0. The maximum absolute atomic E-state index is 13.4. The Labute approximate surface area is 192 Å². The SMILES string of the molecule is FC(F)(F)c1cc2c(-c3nc(N4CCC5NCCC54)c4c(C5CC5)cncc4n3)ccnc2[nH]1. The molecule has 10 heteroatoms. The van der Waals surface area contributed by atoms with Gasteiger partial charge in [-0.1, -0.05) is 0 Å². The number of nitrogens with one attached hydrogen (secondary N) is 2. The molecule has 0 bridgehead atoms. The first-order valence-corrected chi connectivity index (χ1v) is 11.7. The van der Waals surface area contributed by atoms with Gasteiger partial charge in [0.25, 0.3) is 0 Å². The van der Waals surface area contributed by atoms with Gasteiger partial charge in [0.05, 0.1) is 11.7 Å². The Bertz CT molecular complexity index is 1430. The van der Waals surface area contributed by atoms with Crippen molar-refractivity contribution in [3.05, 3.63) is 42.0 Å². The normalized spacial score (nSPS) is 22.7. The van der Waals surface area contributed by atoms with Gasteiger partial charge >= 0.3 is 6.18 Å². The first-order chi connectivity index (χ1) is 16.5. The summed E-state index contributed by atoms with van der Waals surface area (Å²) in [5.41, 5.74) is 1.77. The molecule has 0 aromatic carbocycles. The lowest BCUT2D eigenvalue weighted by molar-refractivity contribution is -0.140. The van der Waals surface area contributed by atoms with Crippen LogP contribution in [0.2, 0.25) is 0 Å². The van der Waals surface area contributed by atoms with Crippen LogP contribution < -0.4 is 10.2 Å². The summed E-state index contributed by atoms with van der Waals surface area (Å²) in [6.07, 6.45) is 5.02. The Morgan fingerprint density at radius 1 is 1.06 bits per heavy atom. The molecule has 3 fully saturated rings. The quantitative estimate of drug-likeness (QED) is 0.467. The summed E-state index contributed by atoms with van der Waals surface area (Å²) in [6, 6.07) is 3.57. The minimum absolute atomic E-state index is 0.168. The van der Waals surface area contributed by atoms with E-state index in [0.29, 0.717) is 34.8 Å². The predicted octanol–water partition coefficient (Wildman–Crippen LogP) is 4.40. The van der Waals surface area contributed by atoms with Gasteiger partial charge in [0.2, 0.25) is 0 Å². The van der Waals surface area contributed by atoms with E-state index < -0.39 is 11.9 Å². The van der Waals surface area contributed by atoms with Crippen LogP contribution in [-0.2, 0) is 6.18 Å². The van der Waals surface area contributed by atoms with Crippen LogP contribution in [0.15, 0.2) is 30.7 Å². The van der Waals surface area contributed by atoms with Crippen LogP contribution >= 0.6 is 0 Å². The number of alkyl halides is 3. The van der Waals surface area contributed by atoms with E-state index >= 15 is 0 Å². The van der Waals surface area contributed by atoms with Crippen LogP contribution in [0.25, 0.3) is 33.3 Å². The molecular formula is C24H22F3N7. The number of fused-ring (bicyclic) bond motifs is 3. The summed E-state index contributed by atoms with van der Waals surface area (Å²) in [4.78, 5) is 23.2. The van der Waals surface area contributed by atoms with E-state index in [1.807, 2.05) is 6.20 Å². The standard InChI is InChI=1S/C24H22F3N7/c25-24(26,27)19-9-14-13(3-6-30-21(14)32-19)22-31-17-11-28-10-15(12-1-2-12)20(17)23(33-22)34-8-5-16-18(34)4-7-29-16/h3,6,9-12,16,18,29H,1-2,4-5,7-8H2,(H,30,32). The zero-order valence-corrected chi connectivity index (χ0v) is 18.2. The summed E-state index contributed by atoms with van der Waals surface area (Å²) < 4.78 is 40.1. The maximum atomic E-state index is 13.4. The zero-order chi connectivity index (χ0) is 23.0. The highest BCUT2D eigenvalue weighted by Gasteiger charge is 2.40. The topological polar surface area (TPSA) is 82.6 Å². The molecule has 7 nitrogen and oxygen atoms in total. The lowest BCUT2D eigenvalue weighted by atomic mass is 10.1. The van der Waals surface area contributed by atoms with Crippen molar-refractivity contribution in [1.29, 1.82) is 0 Å². The Balaban J connectivity index is 1.46. The molecular weight excluding hydrogens is 443 g/mol. The van der Waals surface area contributed by atoms with E-state index in [1.165, 1.54) is 11.8 Å². The summed E-state index contributed by atoms with van der Waals surface area (Å²) >= 11 is 0. The molecule has 6 heterocycles. The molecule has 4 aromatic rings. The fourth-order valence-electron chi connectivity index (χ4n) is 5.62. The highest BCUT2D eigenvalue weighted by atomic mass is 19.4. The van der Waals surface area contributed by atoms with E-state index in [4.69, 9.17) is 9.97 Å². The summed E-state index contributed by atoms with van der Waals surface area (Å²) in [6.45, 7) is 1.86. The van der Waals surface area contributed by atoms with Crippen molar-refractivity contribution in [2.75, 3.05) is 18.0 Å². The van der Waals surface area contributed by atoms with Crippen molar-refractivity contribution >= 4 is 27.8 Å². The third-order valence-corrected chi connectivity index (χ3v) is 7.38. The number of pyridine rings is 2. The Morgan fingerprint density at radius 3 is 2.76 bits per heavy atom. The number of hydrogen-bond donors (Lipinski definition) is 2. The Hall–Kier alpha value is -3.27. The molecule has 3 aliphatic rings. The van der Waals surface area contributed by atoms with Gasteiger partial charge in [0.15, 0.2) is 5.82 Å². The number of hydrogen-bond acceptors (Lipinski definition) is 6. The molecule has 2 saturated heterocycles. The largest absolute Gasteiger partial charge is 0.431 e. The van der Waals surface area contributed by atoms with Gasteiger partial charge in [-0.15, -0.1) is 0 Å². The van der Waals surface area contributed by atoms with Gasteiger partial charge in [-0.25, -0.2) is 15.0 Å². The number of rotatable bonds is 3. The van der Waals surface area contributed by atoms with Gasteiger partial charge in [-0.05, 0) is 55.8 Å². The van der Waals surface area contributed by atoms with Crippen molar-refractivity contribution in [2.45, 2.75) is 49.9 Å². The second-order valence-electron chi connectivity index (χ2n) is 9.47. The van der Waals surface area contributed by atoms with Crippen molar-refractivity contribution < 1.29 is 13.2 Å². The number of H-pyrrole nitrogens is 1. The van der Waals surface area contributed by atoms with E-state index in [2.05, 4.69) is 25.2 Å². The molecule has 7 rings (SSSR count). The predicted molar refractivity (Wildman–Crippen MR) is 122 cm³/mol. The molecule has 174 valence electrons. The maximum Gasteiger partial charge on any atom is 0.431 e. The number of halogens is 3. The van der Waals surface area contributed by atoms with Crippen LogP contribution in [-0.4, -0.2) is 50.1 Å².